The lowest BCUT2D eigenvalue weighted by Crippen LogP contribution is -2.41. The molecule has 6 heteroatoms. The molecule has 5 nitrogen and oxygen atoms in total. The number of benzene rings is 2. The Kier molecular flexibility index (Phi) is 5.67. The van der Waals surface area contributed by atoms with Gasteiger partial charge in [-0.2, -0.15) is 4.31 Å². The molecule has 1 N–H and O–H groups in total. The van der Waals surface area contributed by atoms with Crippen molar-refractivity contribution in [3.8, 4) is 0 Å². The van der Waals surface area contributed by atoms with Crippen LogP contribution < -0.4 is 5.32 Å². The van der Waals surface area contributed by atoms with Crippen molar-refractivity contribution in [1.29, 1.82) is 0 Å². The third-order valence-electron chi connectivity index (χ3n) is 5.23. The van der Waals surface area contributed by atoms with Gasteiger partial charge in [-0.3, -0.25) is 4.79 Å². The number of aryl methyl sites for hydroxylation is 2. The molecule has 0 radical (unpaired) electrons. The van der Waals surface area contributed by atoms with Gasteiger partial charge in [-0.1, -0.05) is 12.5 Å². The van der Waals surface area contributed by atoms with Gasteiger partial charge < -0.3 is 5.32 Å². The summed E-state index contributed by atoms with van der Waals surface area (Å²) in [6.45, 7) is 6.51. The van der Waals surface area contributed by atoms with Crippen LogP contribution in [0.15, 0.2) is 47.4 Å². The van der Waals surface area contributed by atoms with Crippen molar-refractivity contribution in [2.75, 3.05) is 11.9 Å². The Bertz CT molecular complexity index is 936. The molecule has 0 spiro atoms. The van der Waals surface area contributed by atoms with E-state index in [1.165, 1.54) is 12.1 Å². The lowest BCUT2D eigenvalue weighted by molar-refractivity contribution is 0.102. The van der Waals surface area contributed by atoms with Crippen molar-refractivity contribution in [2.24, 2.45) is 0 Å². The van der Waals surface area contributed by atoms with Crippen LogP contribution in [0.2, 0.25) is 0 Å². The first-order chi connectivity index (χ1) is 12.8. The van der Waals surface area contributed by atoms with Crippen molar-refractivity contribution in [3.05, 3.63) is 59.2 Å². The Morgan fingerprint density at radius 2 is 1.74 bits per heavy atom. The minimum atomic E-state index is -3.52. The molecule has 1 heterocycles. The van der Waals surface area contributed by atoms with Gasteiger partial charge in [0, 0.05) is 23.8 Å². The average Bonchev–Trinajstić information content (AvgIpc) is 2.65. The maximum atomic E-state index is 12.9. The molecular weight excluding hydrogens is 360 g/mol. The van der Waals surface area contributed by atoms with Crippen molar-refractivity contribution < 1.29 is 13.2 Å². The number of carbonyl (C=O) groups is 1. The number of nitrogens with zero attached hydrogens (tertiary/aromatic N) is 1. The number of anilines is 1. The summed E-state index contributed by atoms with van der Waals surface area (Å²) >= 11 is 0. The van der Waals surface area contributed by atoms with E-state index in [2.05, 4.69) is 5.32 Å². The molecule has 1 fully saturated rings. The highest BCUT2D eigenvalue weighted by molar-refractivity contribution is 7.89. The van der Waals surface area contributed by atoms with Crippen LogP contribution in [0, 0.1) is 13.8 Å². The number of nitrogens with one attached hydrogen (secondary N) is 1. The lowest BCUT2D eigenvalue weighted by atomic mass is 10.1. The van der Waals surface area contributed by atoms with Gasteiger partial charge in [0.05, 0.1) is 4.90 Å². The molecule has 0 aliphatic carbocycles. The molecule has 1 aliphatic rings. The van der Waals surface area contributed by atoms with Gasteiger partial charge in [-0.05, 0) is 81.1 Å². The number of hydrogen-bond donors (Lipinski definition) is 1. The third-order valence-corrected chi connectivity index (χ3v) is 7.26. The number of amides is 1. The fraction of sp³-hybridized carbons (Fsp3) is 0.381. The summed E-state index contributed by atoms with van der Waals surface area (Å²) in [5, 5.41) is 2.86. The second-order valence-electron chi connectivity index (χ2n) is 7.24. The van der Waals surface area contributed by atoms with Crippen LogP contribution in [0.1, 0.15) is 47.7 Å². The zero-order chi connectivity index (χ0) is 19.6. The Labute approximate surface area is 161 Å². The Morgan fingerprint density at radius 3 is 2.37 bits per heavy atom. The highest BCUT2D eigenvalue weighted by atomic mass is 32.2. The van der Waals surface area contributed by atoms with E-state index in [9.17, 15) is 13.2 Å². The molecule has 0 bridgehead atoms. The maximum Gasteiger partial charge on any atom is 0.255 e. The van der Waals surface area contributed by atoms with Gasteiger partial charge >= 0.3 is 0 Å². The van der Waals surface area contributed by atoms with Crippen LogP contribution in [-0.4, -0.2) is 31.2 Å². The standard InChI is InChI=1S/C21H26N2O3S/c1-15-7-10-19(14-16(15)2)22-21(24)18-8-11-20(12-9-18)27(25,26)23-13-5-4-6-17(23)3/h7-12,14,17H,4-6,13H2,1-3H3,(H,22,24)/t17-/m1/s1. The molecular formula is C21H26N2O3S. The summed E-state index contributed by atoms with van der Waals surface area (Å²) in [5.41, 5.74) is 3.42. The molecule has 0 aromatic heterocycles. The quantitative estimate of drug-likeness (QED) is 0.859. The average molecular weight is 387 g/mol. The summed E-state index contributed by atoms with van der Waals surface area (Å²) < 4.78 is 27.3. The Hall–Kier alpha value is -2.18. The molecule has 27 heavy (non-hydrogen) atoms. The summed E-state index contributed by atoms with van der Waals surface area (Å²) in [6, 6.07) is 11.9. The molecule has 1 amide bonds. The number of hydrogen-bond acceptors (Lipinski definition) is 3. The zero-order valence-electron chi connectivity index (χ0n) is 16.0. The van der Waals surface area contributed by atoms with Crippen molar-refractivity contribution in [1.82, 2.24) is 4.31 Å². The second-order valence-corrected chi connectivity index (χ2v) is 9.13. The van der Waals surface area contributed by atoms with Gasteiger partial charge in [-0.25, -0.2) is 8.42 Å². The topological polar surface area (TPSA) is 66.5 Å². The van der Waals surface area contributed by atoms with Gasteiger partial charge in [0.2, 0.25) is 10.0 Å². The molecule has 144 valence electrons. The largest absolute Gasteiger partial charge is 0.322 e. The zero-order valence-corrected chi connectivity index (χ0v) is 16.8. The van der Waals surface area contributed by atoms with Gasteiger partial charge in [0.25, 0.3) is 5.91 Å². The van der Waals surface area contributed by atoms with Gasteiger partial charge in [0.1, 0.15) is 0 Å². The van der Waals surface area contributed by atoms with E-state index in [0.717, 1.165) is 36.1 Å². The minimum Gasteiger partial charge on any atom is -0.322 e. The molecule has 1 aliphatic heterocycles. The van der Waals surface area contributed by atoms with E-state index < -0.39 is 10.0 Å². The molecule has 2 aromatic carbocycles. The van der Waals surface area contributed by atoms with Crippen LogP contribution in [0.25, 0.3) is 0 Å². The maximum absolute atomic E-state index is 12.9. The molecule has 3 rings (SSSR count). The van der Waals surface area contributed by atoms with Crippen LogP contribution in [0.5, 0.6) is 0 Å². The molecule has 0 saturated carbocycles. The third kappa shape index (κ3) is 4.22. The predicted molar refractivity (Wildman–Crippen MR) is 108 cm³/mol. The van der Waals surface area contributed by atoms with E-state index in [0.29, 0.717) is 12.1 Å². The monoisotopic (exact) mass is 386 g/mol. The normalized spacial score (nSPS) is 18.3. The molecule has 1 atom stereocenters. The lowest BCUT2D eigenvalue weighted by Gasteiger charge is -2.32. The number of sulfonamides is 1. The smallest absolute Gasteiger partial charge is 0.255 e. The number of piperidine rings is 1. The van der Waals surface area contributed by atoms with Gasteiger partial charge in [-0.15, -0.1) is 0 Å². The highest BCUT2D eigenvalue weighted by Crippen LogP contribution is 2.25. The Morgan fingerprint density at radius 1 is 1.04 bits per heavy atom. The first-order valence-electron chi connectivity index (χ1n) is 9.29. The van der Waals surface area contributed by atoms with E-state index in [1.807, 2.05) is 39.0 Å². The summed E-state index contributed by atoms with van der Waals surface area (Å²) in [4.78, 5) is 12.7. The molecule has 1 saturated heterocycles. The number of rotatable bonds is 4. The summed E-state index contributed by atoms with van der Waals surface area (Å²) in [7, 11) is -3.52. The van der Waals surface area contributed by atoms with E-state index >= 15 is 0 Å². The number of carbonyl (C=O) groups excluding carboxylic acids is 1. The minimum absolute atomic E-state index is 0.0107. The van der Waals surface area contributed by atoms with Crippen molar-refractivity contribution in [2.45, 2.75) is 51.0 Å². The molecule has 0 unspecified atom stereocenters. The van der Waals surface area contributed by atoms with Crippen LogP contribution >= 0.6 is 0 Å². The van der Waals surface area contributed by atoms with E-state index in [1.54, 1.807) is 16.4 Å². The first kappa shape index (κ1) is 19.6. The first-order valence-corrected chi connectivity index (χ1v) is 10.7. The molecule has 2 aromatic rings. The summed E-state index contributed by atoms with van der Waals surface area (Å²) in [5.74, 6) is -0.256. The van der Waals surface area contributed by atoms with Gasteiger partial charge in [0.15, 0.2) is 0 Å². The van der Waals surface area contributed by atoms with Crippen molar-refractivity contribution >= 4 is 21.6 Å². The van der Waals surface area contributed by atoms with E-state index in [4.69, 9.17) is 0 Å². The predicted octanol–water partition coefficient (Wildman–Crippen LogP) is 4.12. The van der Waals surface area contributed by atoms with Crippen LogP contribution in [-0.2, 0) is 10.0 Å². The van der Waals surface area contributed by atoms with Crippen molar-refractivity contribution in [3.63, 3.8) is 0 Å². The Balaban J connectivity index is 1.76. The fourth-order valence-corrected chi connectivity index (χ4v) is 5.06. The SMILES string of the molecule is Cc1ccc(NC(=O)c2ccc(S(=O)(=O)N3CCCC[C@H]3C)cc2)cc1C. The van der Waals surface area contributed by atoms with Crippen LogP contribution in [0.4, 0.5) is 5.69 Å². The second kappa shape index (κ2) is 7.82. The highest BCUT2D eigenvalue weighted by Gasteiger charge is 2.30. The summed E-state index contributed by atoms with van der Waals surface area (Å²) in [6.07, 6.45) is 2.83. The van der Waals surface area contributed by atoms with Crippen LogP contribution in [0.3, 0.4) is 0 Å². The van der Waals surface area contributed by atoms with E-state index in [-0.39, 0.29) is 16.8 Å². The fourth-order valence-electron chi connectivity index (χ4n) is 3.36.